The van der Waals surface area contributed by atoms with Crippen LogP contribution in [0.25, 0.3) is 0 Å². The second kappa shape index (κ2) is 12.6. The van der Waals surface area contributed by atoms with Crippen molar-refractivity contribution in [1.29, 1.82) is 0 Å². The summed E-state index contributed by atoms with van der Waals surface area (Å²) in [7, 11) is 0. The van der Waals surface area contributed by atoms with E-state index in [0.29, 0.717) is 6.67 Å². The molecule has 1 rings (SSSR count). The van der Waals surface area contributed by atoms with Crippen molar-refractivity contribution in [3.05, 3.63) is 30.3 Å². The van der Waals surface area contributed by atoms with Gasteiger partial charge >= 0.3 is 0 Å². The molecule has 92 valence electrons. The Labute approximate surface area is 104 Å². The third-order valence-electron chi connectivity index (χ3n) is 1.90. The highest BCUT2D eigenvalue weighted by atomic mass is 32.2. The van der Waals surface area contributed by atoms with Gasteiger partial charge in [0.1, 0.15) is 0 Å². The summed E-state index contributed by atoms with van der Waals surface area (Å²) in [5, 5.41) is 3.12. The minimum absolute atomic E-state index is 0.589. The Kier molecular flexibility index (Phi) is 12.2. The van der Waals surface area contributed by atoms with Gasteiger partial charge in [0, 0.05) is 11.6 Å². The number of unbranched alkanes of at least 4 members (excludes halogenated alkanes) is 1. The predicted molar refractivity (Wildman–Crippen MR) is 74.8 cm³/mol. The van der Waals surface area contributed by atoms with Crippen LogP contribution in [0, 0.1) is 0 Å². The zero-order chi connectivity index (χ0) is 12.1. The molecule has 0 aliphatic rings. The van der Waals surface area contributed by atoms with Crippen LogP contribution >= 0.6 is 11.8 Å². The first kappa shape index (κ1) is 15.5. The molecule has 0 aliphatic heterocycles. The molecule has 0 atom stereocenters. The van der Waals surface area contributed by atoms with Gasteiger partial charge in [-0.2, -0.15) is 0 Å². The molecular formula is C13H24N2S. The van der Waals surface area contributed by atoms with E-state index in [-0.39, 0.29) is 0 Å². The minimum Gasteiger partial charge on any atom is -0.318 e. The van der Waals surface area contributed by atoms with E-state index in [2.05, 4.69) is 35.6 Å². The Morgan fingerprint density at radius 2 is 1.81 bits per heavy atom. The quantitative estimate of drug-likeness (QED) is 0.437. The van der Waals surface area contributed by atoms with E-state index in [1.54, 1.807) is 0 Å². The Morgan fingerprint density at radius 3 is 2.44 bits per heavy atom. The standard InChI is InChI=1S/C11H18N2S.C2H6/c12-10-13-8-4-5-9-14-11-6-2-1-3-7-11;1-2/h1-3,6-7,13H,4-5,8-10,12H2;1-2H3. The Morgan fingerprint density at radius 1 is 1.12 bits per heavy atom. The summed E-state index contributed by atoms with van der Waals surface area (Å²) >= 11 is 1.92. The third kappa shape index (κ3) is 8.77. The van der Waals surface area contributed by atoms with Crippen molar-refractivity contribution in [2.24, 2.45) is 5.73 Å². The summed E-state index contributed by atoms with van der Waals surface area (Å²) in [6.45, 7) is 5.62. The van der Waals surface area contributed by atoms with Crippen molar-refractivity contribution >= 4 is 11.8 Å². The first-order chi connectivity index (χ1) is 7.93. The van der Waals surface area contributed by atoms with Crippen molar-refractivity contribution in [3.63, 3.8) is 0 Å². The van der Waals surface area contributed by atoms with E-state index < -0.39 is 0 Å². The largest absolute Gasteiger partial charge is 0.318 e. The van der Waals surface area contributed by atoms with Gasteiger partial charge in [-0.25, -0.2) is 0 Å². The first-order valence-corrected chi connectivity index (χ1v) is 7.00. The highest BCUT2D eigenvalue weighted by Crippen LogP contribution is 2.17. The van der Waals surface area contributed by atoms with Crippen LogP contribution in [0.3, 0.4) is 0 Å². The molecule has 0 heterocycles. The van der Waals surface area contributed by atoms with Gasteiger partial charge in [-0.05, 0) is 37.3 Å². The van der Waals surface area contributed by atoms with E-state index in [9.17, 15) is 0 Å². The second-order valence-corrected chi connectivity index (χ2v) is 4.24. The van der Waals surface area contributed by atoms with Crippen LogP contribution in [-0.2, 0) is 0 Å². The van der Waals surface area contributed by atoms with Crippen LogP contribution in [0.5, 0.6) is 0 Å². The van der Waals surface area contributed by atoms with Crippen molar-refractivity contribution in [2.75, 3.05) is 19.0 Å². The van der Waals surface area contributed by atoms with Crippen LogP contribution < -0.4 is 11.1 Å². The number of benzene rings is 1. The van der Waals surface area contributed by atoms with Gasteiger partial charge in [-0.15, -0.1) is 11.8 Å². The van der Waals surface area contributed by atoms with Gasteiger partial charge in [0.05, 0.1) is 0 Å². The molecule has 0 unspecified atom stereocenters. The van der Waals surface area contributed by atoms with Crippen molar-refractivity contribution < 1.29 is 0 Å². The molecule has 0 aromatic heterocycles. The van der Waals surface area contributed by atoms with Gasteiger partial charge < -0.3 is 11.1 Å². The summed E-state index contributed by atoms with van der Waals surface area (Å²) in [6, 6.07) is 10.5. The minimum atomic E-state index is 0.589. The number of hydrogen-bond acceptors (Lipinski definition) is 3. The van der Waals surface area contributed by atoms with E-state index in [1.807, 2.05) is 25.6 Å². The van der Waals surface area contributed by atoms with Gasteiger partial charge in [-0.1, -0.05) is 32.0 Å². The molecule has 0 saturated heterocycles. The maximum atomic E-state index is 5.32. The van der Waals surface area contributed by atoms with Crippen molar-refractivity contribution in [2.45, 2.75) is 31.6 Å². The fourth-order valence-electron chi connectivity index (χ4n) is 1.16. The number of hydrogen-bond donors (Lipinski definition) is 2. The number of nitrogens with one attached hydrogen (secondary N) is 1. The molecule has 0 amide bonds. The zero-order valence-electron chi connectivity index (χ0n) is 10.4. The van der Waals surface area contributed by atoms with E-state index >= 15 is 0 Å². The number of rotatable bonds is 7. The summed E-state index contributed by atoms with van der Waals surface area (Å²) in [5.74, 6) is 1.19. The molecule has 16 heavy (non-hydrogen) atoms. The smallest absolute Gasteiger partial charge is 0.0428 e. The lowest BCUT2D eigenvalue weighted by Gasteiger charge is -2.02. The molecule has 1 aromatic rings. The van der Waals surface area contributed by atoms with Crippen LogP contribution in [0.4, 0.5) is 0 Å². The maximum Gasteiger partial charge on any atom is 0.0428 e. The lowest BCUT2D eigenvalue weighted by molar-refractivity contribution is 0.655. The lowest BCUT2D eigenvalue weighted by atomic mass is 10.3. The molecule has 0 aliphatic carbocycles. The van der Waals surface area contributed by atoms with Crippen molar-refractivity contribution in [3.8, 4) is 0 Å². The summed E-state index contributed by atoms with van der Waals surface area (Å²) < 4.78 is 0. The molecule has 0 bridgehead atoms. The summed E-state index contributed by atoms with van der Waals surface area (Å²) in [5.41, 5.74) is 5.32. The summed E-state index contributed by atoms with van der Waals surface area (Å²) in [4.78, 5) is 1.36. The molecule has 1 aromatic carbocycles. The van der Waals surface area contributed by atoms with Crippen LogP contribution in [0.2, 0.25) is 0 Å². The van der Waals surface area contributed by atoms with Gasteiger partial charge in [0.15, 0.2) is 0 Å². The highest BCUT2D eigenvalue weighted by Gasteiger charge is 1.92. The van der Waals surface area contributed by atoms with E-state index in [4.69, 9.17) is 5.73 Å². The second-order valence-electron chi connectivity index (χ2n) is 3.07. The fourth-order valence-corrected chi connectivity index (χ4v) is 2.09. The van der Waals surface area contributed by atoms with Crippen LogP contribution in [0.15, 0.2) is 35.2 Å². The average molecular weight is 240 g/mol. The maximum absolute atomic E-state index is 5.32. The zero-order valence-corrected chi connectivity index (χ0v) is 11.2. The SMILES string of the molecule is CC.NCNCCCCSc1ccccc1. The number of nitrogens with two attached hydrogens (primary N) is 1. The molecule has 3 heteroatoms. The first-order valence-electron chi connectivity index (χ1n) is 6.02. The molecule has 0 radical (unpaired) electrons. The third-order valence-corrected chi connectivity index (χ3v) is 3.00. The highest BCUT2D eigenvalue weighted by molar-refractivity contribution is 7.99. The number of thioether (sulfide) groups is 1. The molecular weight excluding hydrogens is 216 g/mol. The topological polar surface area (TPSA) is 38.0 Å². The van der Waals surface area contributed by atoms with E-state index in [1.165, 1.54) is 23.5 Å². The van der Waals surface area contributed by atoms with E-state index in [0.717, 1.165) is 6.54 Å². The molecule has 0 fully saturated rings. The summed E-state index contributed by atoms with van der Waals surface area (Å²) in [6.07, 6.45) is 2.45. The van der Waals surface area contributed by atoms with Gasteiger partial charge in [0.2, 0.25) is 0 Å². The molecule has 0 saturated carbocycles. The lowest BCUT2D eigenvalue weighted by Crippen LogP contribution is -2.23. The molecule has 3 N–H and O–H groups in total. The Bertz CT molecular complexity index is 227. The fraction of sp³-hybridized carbons (Fsp3) is 0.538. The average Bonchev–Trinajstić information content (AvgIpc) is 2.37. The monoisotopic (exact) mass is 240 g/mol. The van der Waals surface area contributed by atoms with Crippen LogP contribution in [-0.4, -0.2) is 19.0 Å². The van der Waals surface area contributed by atoms with Crippen molar-refractivity contribution in [1.82, 2.24) is 5.32 Å². The molecule has 2 nitrogen and oxygen atoms in total. The Balaban J connectivity index is 0.00000106. The Hall–Kier alpha value is -0.510. The predicted octanol–water partition coefficient (Wildman–Crippen LogP) is 3.09. The molecule has 0 spiro atoms. The normalized spacial score (nSPS) is 9.44. The van der Waals surface area contributed by atoms with Crippen LogP contribution in [0.1, 0.15) is 26.7 Å². The van der Waals surface area contributed by atoms with Gasteiger partial charge in [0.25, 0.3) is 0 Å². The van der Waals surface area contributed by atoms with Gasteiger partial charge in [-0.3, -0.25) is 0 Å².